The molecule has 3 nitrogen and oxygen atoms in total. The fourth-order valence-electron chi connectivity index (χ4n) is 0.672. The van der Waals surface area contributed by atoms with E-state index in [4.69, 9.17) is 10.8 Å². The molecule has 0 heterocycles. The first kappa shape index (κ1) is 7.88. The van der Waals surface area contributed by atoms with Gasteiger partial charge in [0.15, 0.2) is 0 Å². The van der Waals surface area contributed by atoms with Crippen LogP contribution in [0, 0.1) is 5.82 Å². The maximum Gasteiger partial charge on any atom is 0.504 e. The predicted molar refractivity (Wildman–Crippen MR) is 40.8 cm³/mol. The Hall–Kier alpha value is -1.23. The predicted octanol–water partition coefficient (Wildman–Crippen LogP) is 0.0455. The lowest BCUT2D eigenvalue weighted by Crippen LogP contribution is -2.00. The van der Waals surface area contributed by atoms with Gasteiger partial charge in [-0.3, -0.25) is 0 Å². The first-order valence-electron chi connectivity index (χ1n) is 3.02. The van der Waals surface area contributed by atoms with Gasteiger partial charge in [-0.2, -0.15) is 0 Å². The Morgan fingerprint density at radius 2 is 2.27 bits per heavy atom. The van der Waals surface area contributed by atoms with Crippen LogP contribution in [0.3, 0.4) is 0 Å². The van der Waals surface area contributed by atoms with Crippen LogP contribution in [0.1, 0.15) is 0 Å². The van der Waals surface area contributed by atoms with Gasteiger partial charge < -0.3 is 15.4 Å². The highest BCUT2D eigenvalue weighted by atomic mass is 19.1. The van der Waals surface area contributed by atoms with Crippen LogP contribution >= 0.6 is 0 Å². The summed E-state index contributed by atoms with van der Waals surface area (Å²) in [6, 6.07) is 3.97. The van der Waals surface area contributed by atoms with E-state index in [1.54, 1.807) is 0 Å². The second kappa shape index (κ2) is 3.25. The molecule has 1 rings (SSSR count). The van der Waals surface area contributed by atoms with Crippen molar-refractivity contribution in [2.45, 2.75) is 0 Å². The summed E-state index contributed by atoms with van der Waals surface area (Å²) in [7, 11) is -0.469. The Kier molecular flexibility index (Phi) is 2.33. The third-order valence-corrected chi connectivity index (χ3v) is 1.20. The SMILES string of the molecule is Nc1ccc(OBO)cc1F. The second-order valence-electron chi connectivity index (χ2n) is 1.96. The molecule has 1 aromatic carbocycles. The molecule has 0 radical (unpaired) electrons. The molecule has 0 amide bonds. The lowest BCUT2D eigenvalue weighted by atomic mass is 10.3. The molecule has 0 spiro atoms. The van der Waals surface area contributed by atoms with Crippen LogP contribution in [-0.2, 0) is 0 Å². The summed E-state index contributed by atoms with van der Waals surface area (Å²) >= 11 is 0. The largest absolute Gasteiger partial charge is 0.539 e. The van der Waals surface area contributed by atoms with Crippen LogP contribution < -0.4 is 10.4 Å². The minimum Gasteiger partial charge on any atom is -0.539 e. The highest BCUT2D eigenvalue weighted by molar-refractivity contribution is 6.17. The second-order valence-corrected chi connectivity index (χ2v) is 1.96. The maximum atomic E-state index is 12.6. The van der Waals surface area contributed by atoms with Crippen molar-refractivity contribution in [3.8, 4) is 5.75 Å². The molecule has 1 aromatic rings. The number of nitrogen functional groups attached to an aromatic ring is 1. The lowest BCUT2D eigenvalue weighted by molar-refractivity contribution is 0.451. The highest BCUT2D eigenvalue weighted by Crippen LogP contribution is 2.17. The van der Waals surface area contributed by atoms with Crippen molar-refractivity contribution in [2.75, 3.05) is 5.73 Å². The number of hydrogen-bond donors (Lipinski definition) is 2. The molecule has 0 bridgehead atoms. The topological polar surface area (TPSA) is 55.5 Å². The van der Waals surface area contributed by atoms with Crippen LogP contribution in [0.2, 0.25) is 0 Å². The Balaban J connectivity index is 2.86. The molecule has 3 N–H and O–H groups in total. The summed E-state index contributed by atoms with van der Waals surface area (Å²) in [5.74, 6) is -0.282. The molecule has 0 unspecified atom stereocenters. The Morgan fingerprint density at radius 1 is 1.55 bits per heavy atom. The van der Waals surface area contributed by atoms with Crippen molar-refractivity contribution >= 4 is 13.4 Å². The molecule has 0 aromatic heterocycles. The van der Waals surface area contributed by atoms with E-state index in [9.17, 15) is 4.39 Å². The minimum atomic E-state index is -0.545. The van der Waals surface area contributed by atoms with E-state index in [1.165, 1.54) is 12.1 Å². The minimum absolute atomic E-state index is 0.0651. The molecule has 0 saturated heterocycles. The number of nitrogens with two attached hydrogens (primary N) is 1. The molecular weight excluding hydrogens is 148 g/mol. The van der Waals surface area contributed by atoms with Gasteiger partial charge in [0.05, 0.1) is 5.69 Å². The monoisotopic (exact) mass is 155 g/mol. The van der Waals surface area contributed by atoms with Crippen molar-refractivity contribution in [3.05, 3.63) is 24.0 Å². The number of rotatable bonds is 2. The number of halogens is 1. The summed E-state index contributed by atoms with van der Waals surface area (Å²) in [5, 5.41) is 8.30. The Labute approximate surface area is 63.9 Å². The third kappa shape index (κ3) is 1.85. The van der Waals surface area contributed by atoms with Crippen molar-refractivity contribution in [3.63, 3.8) is 0 Å². The van der Waals surface area contributed by atoms with E-state index in [1.807, 2.05) is 0 Å². The summed E-state index contributed by atoms with van der Waals surface area (Å²) in [4.78, 5) is 0. The van der Waals surface area contributed by atoms with Crippen LogP contribution in [0.4, 0.5) is 10.1 Å². The van der Waals surface area contributed by atoms with Gasteiger partial charge in [0, 0.05) is 6.07 Å². The molecule has 0 atom stereocenters. The molecule has 0 saturated carbocycles. The average Bonchev–Trinajstić information content (AvgIpc) is 1.98. The molecule has 5 heteroatoms. The molecule has 0 aliphatic rings. The molecular formula is C6H7BFNO2. The zero-order chi connectivity index (χ0) is 8.27. The first-order chi connectivity index (χ1) is 5.24. The summed E-state index contributed by atoms with van der Waals surface area (Å²) in [6.45, 7) is 0. The normalized spacial score (nSPS) is 9.27. The van der Waals surface area contributed by atoms with E-state index in [-0.39, 0.29) is 11.4 Å². The van der Waals surface area contributed by atoms with Crippen molar-refractivity contribution in [1.82, 2.24) is 0 Å². The highest BCUT2D eigenvalue weighted by Gasteiger charge is 1.99. The lowest BCUT2D eigenvalue weighted by Gasteiger charge is -2.02. The van der Waals surface area contributed by atoms with Gasteiger partial charge in [-0.25, -0.2) is 4.39 Å². The maximum absolute atomic E-state index is 12.6. The molecule has 58 valence electrons. The molecule has 0 fully saturated rings. The van der Waals surface area contributed by atoms with Gasteiger partial charge in [-0.1, -0.05) is 0 Å². The van der Waals surface area contributed by atoms with Gasteiger partial charge in [-0.05, 0) is 12.1 Å². The van der Waals surface area contributed by atoms with Crippen LogP contribution in [0.25, 0.3) is 0 Å². The number of hydrogen-bond acceptors (Lipinski definition) is 3. The molecule has 11 heavy (non-hydrogen) atoms. The summed E-state index contributed by atoms with van der Waals surface area (Å²) < 4.78 is 17.2. The van der Waals surface area contributed by atoms with Gasteiger partial charge in [0.2, 0.25) is 0 Å². The van der Waals surface area contributed by atoms with Gasteiger partial charge >= 0.3 is 7.69 Å². The van der Waals surface area contributed by atoms with Crippen molar-refractivity contribution in [2.24, 2.45) is 0 Å². The first-order valence-corrected chi connectivity index (χ1v) is 3.02. The fourth-order valence-corrected chi connectivity index (χ4v) is 0.672. The van der Waals surface area contributed by atoms with E-state index in [0.717, 1.165) is 6.07 Å². The smallest absolute Gasteiger partial charge is 0.504 e. The quantitative estimate of drug-likeness (QED) is 0.468. The van der Waals surface area contributed by atoms with Gasteiger partial charge in [-0.15, -0.1) is 0 Å². The van der Waals surface area contributed by atoms with Crippen molar-refractivity contribution < 1.29 is 14.1 Å². The Bertz CT molecular complexity index is 256. The van der Waals surface area contributed by atoms with Crippen LogP contribution in [-0.4, -0.2) is 12.7 Å². The van der Waals surface area contributed by atoms with E-state index >= 15 is 0 Å². The zero-order valence-electron chi connectivity index (χ0n) is 5.75. The molecule has 0 aliphatic carbocycles. The zero-order valence-corrected chi connectivity index (χ0v) is 5.75. The standard InChI is InChI=1S/C6H7BFNO2/c8-5-3-4(11-7-10)1-2-6(5)9/h1-3,7,10H,9H2. The third-order valence-electron chi connectivity index (χ3n) is 1.20. The Morgan fingerprint density at radius 3 is 2.82 bits per heavy atom. The average molecular weight is 155 g/mol. The summed E-state index contributed by atoms with van der Waals surface area (Å²) in [6.07, 6.45) is 0. The van der Waals surface area contributed by atoms with E-state index < -0.39 is 13.5 Å². The number of anilines is 1. The van der Waals surface area contributed by atoms with Crippen LogP contribution in [0.15, 0.2) is 18.2 Å². The molecule has 0 aliphatic heterocycles. The summed E-state index contributed by atoms with van der Waals surface area (Å²) in [5.41, 5.74) is 5.26. The van der Waals surface area contributed by atoms with Gasteiger partial charge in [0.1, 0.15) is 11.6 Å². The van der Waals surface area contributed by atoms with Crippen LogP contribution in [0.5, 0.6) is 5.75 Å². The fraction of sp³-hybridized carbons (Fsp3) is 0. The van der Waals surface area contributed by atoms with E-state index in [2.05, 4.69) is 4.65 Å². The van der Waals surface area contributed by atoms with Crippen molar-refractivity contribution in [1.29, 1.82) is 0 Å². The van der Waals surface area contributed by atoms with E-state index in [0.29, 0.717) is 0 Å². The number of benzene rings is 1. The van der Waals surface area contributed by atoms with Gasteiger partial charge in [0.25, 0.3) is 0 Å².